The zero-order chi connectivity index (χ0) is 12.0. The first kappa shape index (κ1) is 13.0. The maximum absolute atomic E-state index is 10.5. The molecule has 1 unspecified atom stereocenters. The summed E-state index contributed by atoms with van der Waals surface area (Å²) in [5, 5.41) is 0.713. The van der Waals surface area contributed by atoms with Gasteiger partial charge in [-0.1, -0.05) is 30.2 Å². The van der Waals surface area contributed by atoms with Crippen LogP contribution in [0.5, 0.6) is 0 Å². The lowest BCUT2D eigenvalue weighted by molar-refractivity contribution is -0.118. The van der Waals surface area contributed by atoms with E-state index in [1.165, 1.54) is 0 Å². The van der Waals surface area contributed by atoms with Gasteiger partial charge >= 0.3 is 0 Å². The number of hydrogen-bond donors (Lipinski definition) is 2. The molecule has 1 aromatic carbocycles. The summed E-state index contributed by atoms with van der Waals surface area (Å²) in [7, 11) is 0. The van der Waals surface area contributed by atoms with E-state index in [1.54, 1.807) is 0 Å². The first-order valence-corrected chi connectivity index (χ1v) is 5.76. The van der Waals surface area contributed by atoms with Crippen LogP contribution in [0.3, 0.4) is 0 Å². The zero-order valence-corrected chi connectivity index (χ0v) is 9.91. The van der Waals surface area contributed by atoms with Crippen LogP contribution in [0.15, 0.2) is 24.3 Å². The lowest BCUT2D eigenvalue weighted by atomic mass is 10.0. The molecule has 0 radical (unpaired) electrons. The van der Waals surface area contributed by atoms with Crippen LogP contribution in [-0.2, 0) is 4.79 Å². The van der Waals surface area contributed by atoms with Crippen molar-refractivity contribution in [2.24, 2.45) is 11.5 Å². The van der Waals surface area contributed by atoms with Crippen molar-refractivity contribution in [1.29, 1.82) is 0 Å². The Morgan fingerprint density at radius 1 is 1.25 bits per heavy atom. The van der Waals surface area contributed by atoms with E-state index in [0.717, 1.165) is 24.8 Å². The molecular formula is C12H17ClN2O. The highest BCUT2D eigenvalue weighted by atomic mass is 35.5. The molecule has 1 rings (SSSR count). The smallest absolute Gasteiger partial charge is 0.217 e. The molecular weight excluding hydrogens is 224 g/mol. The van der Waals surface area contributed by atoms with Crippen molar-refractivity contribution in [3.63, 3.8) is 0 Å². The fourth-order valence-corrected chi connectivity index (χ4v) is 1.67. The van der Waals surface area contributed by atoms with E-state index in [-0.39, 0.29) is 11.9 Å². The third kappa shape index (κ3) is 4.64. The molecule has 0 fully saturated rings. The van der Waals surface area contributed by atoms with Crippen LogP contribution in [0, 0.1) is 0 Å². The van der Waals surface area contributed by atoms with Crippen molar-refractivity contribution in [3.05, 3.63) is 34.9 Å². The van der Waals surface area contributed by atoms with Crippen molar-refractivity contribution in [3.8, 4) is 0 Å². The average Bonchev–Trinajstić information content (AvgIpc) is 2.25. The number of benzene rings is 1. The van der Waals surface area contributed by atoms with E-state index in [9.17, 15) is 4.79 Å². The molecule has 0 aliphatic heterocycles. The minimum atomic E-state index is -0.250. The van der Waals surface area contributed by atoms with Gasteiger partial charge in [0.15, 0.2) is 0 Å². The van der Waals surface area contributed by atoms with Crippen LogP contribution < -0.4 is 11.5 Å². The third-order valence-corrected chi connectivity index (χ3v) is 2.74. The van der Waals surface area contributed by atoms with Gasteiger partial charge in [-0.2, -0.15) is 0 Å². The molecule has 0 heterocycles. The molecule has 4 heteroatoms. The van der Waals surface area contributed by atoms with E-state index in [0.29, 0.717) is 11.4 Å². The number of amides is 1. The molecule has 1 atom stereocenters. The van der Waals surface area contributed by atoms with Gasteiger partial charge < -0.3 is 11.5 Å². The van der Waals surface area contributed by atoms with Gasteiger partial charge in [-0.25, -0.2) is 0 Å². The van der Waals surface area contributed by atoms with Crippen molar-refractivity contribution in [2.75, 3.05) is 0 Å². The highest BCUT2D eigenvalue weighted by molar-refractivity contribution is 6.30. The molecule has 0 aromatic heterocycles. The minimum Gasteiger partial charge on any atom is -0.370 e. The van der Waals surface area contributed by atoms with Crippen LogP contribution in [-0.4, -0.2) is 5.91 Å². The number of carbonyl (C=O) groups is 1. The maximum Gasteiger partial charge on any atom is 0.217 e. The predicted molar refractivity (Wildman–Crippen MR) is 66.0 cm³/mol. The first-order valence-electron chi connectivity index (χ1n) is 5.39. The van der Waals surface area contributed by atoms with Crippen LogP contribution >= 0.6 is 11.6 Å². The van der Waals surface area contributed by atoms with E-state index < -0.39 is 0 Å². The molecule has 0 saturated heterocycles. The summed E-state index contributed by atoms with van der Waals surface area (Å²) in [5.74, 6) is -0.250. The van der Waals surface area contributed by atoms with Gasteiger partial charge in [-0.05, 0) is 30.5 Å². The number of unbranched alkanes of at least 4 members (excludes halogenated alkanes) is 1. The third-order valence-electron chi connectivity index (χ3n) is 2.49. The number of carbonyl (C=O) groups excluding carboxylic acids is 1. The van der Waals surface area contributed by atoms with E-state index in [1.807, 2.05) is 24.3 Å². The summed E-state index contributed by atoms with van der Waals surface area (Å²) < 4.78 is 0. The van der Waals surface area contributed by atoms with Gasteiger partial charge in [0.2, 0.25) is 5.91 Å². The zero-order valence-electron chi connectivity index (χ0n) is 9.16. The molecule has 1 amide bonds. The summed E-state index contributed by atoms with van der Waals surface area (Å²) in [4.78, 5) is 10.5. The summed E-state index contributed by atoms with van der Waals surface area (Å²) in [6.45, 7) is 0. The Hall–Kier alpha value is -1.06. The van der Waals surface area contributed by atoms with Crippen molar-refractivity contribution in [2.45, 2.75) is 31.7 Å². The van der Waals surface area contributed by atoms with Crippen LogP contribution in [0.2, 0.25) is 5.02 Å². The molecule has 16 heavy (non-hydrogen) atoms. The largest absolute Gasteiger partial charge is 0.370 e. The molecule has 0 spiro atoms. The number of primary amides is 1. The van der Waals surface area contributed by atoms with Crippen molar-refractivity contribution in [1.82, 2.24) is 0 Å². The molecule has 88 valence electrons. The molecule has 3 nitrogen and oxygen atoms in total. The lowest BCUT2D eigenvalue weighted by Gasteiger charge is -2.11. The van der Waals surface area contributed by atoms with E-state index in [2.05, 4.69) is 0 Å². The van der Waals surface area contributed by atoms with Gasteiger partial charge in [-0.3, -0.25) is 4.79 Å². The Morgan fingerprint density at radius 3 is 2.44 bits per heavy atom. The Morgan fingerprint density at radius 2 is 1.88 bits per heavy atom. The Balaban J connectivity index is 2.32. The summed E-state index contributed by atoms with van der Waals surface area (Å²) in [6, 6.07) is 7.54. The van der Waals surface area contributed by atoms with Gasteiger partial charge in [0.25, 0.3) is 0 Å². The van der Waals surface area contributed by atoms with Crippen LogP contribution in [0.25, 0.3) is 0 Å². The molecule has 0 aliphatic rings. The fourth-order valence-electron chi connectivity index (χ4n) is 1.54. The fraction of sp³-hybridized carbons (Fsp3) is 0.417. The van der Waals surface area contributed by atoms with Gasteiger partial charge in [0.05, 0.1) is 0 Å². The normalized spacial score (nSPS) is 12.4. The van der Waals surface area contributed by atoms with E-state index in [4.69, 9.17) is 23.1 Å². The number of halogens is 1. The summed E-state index contributed by atoms with van der Waals surface area (Å²) in [6.07, 6.45) is 3.01. The molecule has 0 saturated carbocycles. The Bertz CT molecular complexity index is 337. The monoisotopic (exact) mass is 240 g/mol. The standard InChI is InChI=1S/C12H17ClN2O/c13-10-7-5-9(6-8-10)11(14)3-1-2-4-12(15)16/h5-8,11H,1-4,14H2,(H2,15,16). The topological polar surface area (TPSA) is 69.1 Å². The van der Waals surface area contributed by atoms with Crippen molar-refractivity contribution < 1.29 is 4.79 Å². The average molecular weight is 241 g/mol. The number of nitrogens with two attached hydrogens (primary N) is 2. The molecule has 0 aliphatic carbocycles. The quantitative estimate of drug-likeness (QED) is 0.750. The molecule has 1 aromatic rings. The number of hydrogen-bond acceptors (Lipinski definition) is 2. The Kier molecular flexibility index (Phi) is 5.29. The molecule has 0 bridgehead atoms. The van der Waals surface area contributed by atoms with Gasteiger partial charge in [0, 0.05) is 17.5 Å². The second kappa shape index (κ2) is 6.51. The first-order chi connectivity index (χ1) is 7.59. The maximum atomic E-state index is 10.5. The second-order valence-electron chi connectivity index (χ2n) is 3.87. The number of rotatable bonds is 6. The molecule has 4 N–H and O–H groups in total. The van der Waals surface area contributed by atoms with Crippen LogP contribution in [0.1, 0.15) is 37.3 Å². The van der Waals surface area contributed by atoms with Crippen LogP contribution in [0.4, 0.5) is 0 Å². The van der Waals surface area contributed by atoms with Gasteiger partial charge in [-0.15, -0.1) is 0 Å². The summed E-state index contributed by atoms with van der Waals surface area (Å²) in [5.41, 5.74) is 12.1. The predicted octanol–water partition coefficient (Wildman–Crippen LogP) is 2.39. The van der Waals surface area contributed by atoms with Crippen molar-refractivity contribution >= 4 is 17.5 Å². The van der Waals surface area contributed by atoms with Gasteiger partial charge in [0.1, 0.15) is 0 Å². The highest BCUT2D eigenvalue weighted by Gasteiger charge is 2.05. The van der Waals surface area contributed by atoms with E-state index >= 15 is 0 Å². The highest BCUT2D eigenvalue weighted by Crippen LogP contribution is 2.19. The lowest BCUT2D eigenvalue weighted by Crippen LogP contribution is -2.12. The second-order valence-corrected chi connectivity index (χ2v) is 4.31. The Labute approximate surface area is 101 Å². The summed E-state index contributed by atoms with van der Waals surface area (Å²) >= 11 is 5.79. The minimum absolute atomic E-state index is 0.00476. The SMILES string of the molecule is NC(=O)CCCCC(N)c1ccc(Cl)cc1.